The third-order valence-corrected chi connectivity index (χ3v) is 2.18. The Hall–Kier alpha value is -0.690. The highest BCUT2D eigenvalue weighted by atomic mass is 79.9. The van der Waals surface area contributed by atoms with Gasteiger partial charge in [-0.2, -0.15) is 9.98 Å². The maximum absolute atomic E-state index is 11.2. The van der Waals surface area contributed by atoms with Crippen LogP contribution in [0.3, 0.4) is 0 Å². The first-order valence-electron chi connectivity index (χ1n) is 2.87. The average Bonchev–Trinajstić information content (AvgIpc) is 2.31. The third-order valence-electron chi connectivity index (χ3n) is 1.27. The van der Waals surface area contributed by atoms with Crippen LogP contribution in [0.4, 0.5) is 0 Å². The number of rotatable bonds is 0. The average molecular weight is 292 g/mol. The van der Waals surface area contributed by atoms with E-state index in [1.54, 1.807) is 0 Å². The molecule has 5 nitrogen and oxygen atoms in total. The molecule has 0 N–H and O–H groups in total. The predicted molar refractivity (Wildman–Crippen MR) is 49.6 cm³/mol. The summed E-state index contributed by atoms with van der Waals surface area (Å²) in [6.45, 7) is 0. The van der Waals surface area contributed by atoms with Gasteiger partial charge in [0.2, 0.25) is 4.74 Å². The molecule has 0 spiro atoms. The highest BCUT2D eigenvalue weighted by Crippen LogP contribution is 2.26. The molecular weight excluding hydrogens is 292 g/mol. The molecule has 2 rings (SSSR count). The number of hydrogen-bond acceptors (Lipinski definition) is 4. The maximum Gasteiger partial charge on any atom is 0.286 e. The first-order valence-corrected chi connectivity index (χ1v) is 4.46. The third kappa shape index (κ3) is 1.09. The molecule has 0 aromatic rings. The number of carbonyl (C=O) groups is 1. The van der Waals surface area contributed by atoms with Crippen LogP contribution in [0.15, 0.2) is 30.4 Å². The normalized spacial score (nSPS) is 21.0. The van der Waals surface area contributed by atoms with Gasteiger partial charge >= 0.3 is 0 Å². The van der Waals surface area contributed by atoms with Crippen LogP contribution in [0.25, 0.3) is 0 Å². The quantitative estimate of drug-likeness (QED) is 0.627. The highest BCUT2D eigenvalue weighted by Gasteiger charge is 2.28. The number of amidine groups is 2. The Morgan fingerprint density at radius 1 is 1.08 bits per heavy atom. The Morgan fingerprint density at radius 3 is 2.58 bits per heavy atom. The number of hydrogen-bond donors (Lipinski definition) is 0. The van der Waals surface area contributed by atoms with Crippen LogP contribution < -0.4 is 0 Å². The van der Waals surface area contributed by atoms with Crippen molar-refractivity contribution in [2.24, 2.45) is 20.2 Å². The van der Waals surface area contributed by atoms with E-state index in [0.717, 1.165) is 0 Å². The smallest absolute Gasteiger partial charge is 0.266 e. The van der Waals surface area contributed by atoms with E-state index < -0.39 is 0 Å². The lowest BCUT2D eigenvalue weighted by molar-refractivity contribution is -0.113. The van der Waals surface area contributed by atoms with Gasteiger partial charge in [0.05, 0.1) is 0 Å². The van der Waals surface area contributed by atoms with Crippen LogP contribution in [-0.2, 0) is 4.79 Å². The largest absolute Gasteiger partial charge is 0.286 e. The van der Waals surface area contributed by atoms with E-state index in [4.69, 9.17) is 0 Å². The zero-order valence-electron chi connectivity index (χ0n) is 5.45. The molecule has 0 atom stereocenters. The Labute approximate surface area is 83.6 Å². The molecule has 2 aliphatic rings. The molecule has 0 fully saturated rings. The second-order valence-electron chi connectivity index (χ2n) is 1.99. The van der Waals surface area contributed by atoms with Gasteiger partial charge in [-0.15, -0.1) is 10.2 Å². The first kappa shape index (κ1) is 7.93. The fourth-order valence-electron chi connectivity index (χ4n) is 0.798. The van der Waals surface area contributed by atoms with Crippen molar-refractivity contribution in [2.45, 2.75) is 0 Å². The standard InChI is InChI=1S/C5Br2N4O/c6-2-1-3(11-10-2)8-5(7)9-4(1)12. The summed E-state index contributed by atoms with van der Waals surface area (Å²) in [5.41, 5.74) is 0.318. The summed E-state index contributed by atoms with van der Waals surface area (Å²) in [5.74, 6) is -0.0856. The fourth-order valence-corrected chi connectivity index (χ4v) is 1.55. The van der Waals surface area contributed by atoms with Crippen LogP contribution in [0.1, 0.15) is 0 Å². The Morgan fingerprint density at radius 2 is 1.83 bits per heavy atom. The fraction of sp³-hybridized carbons (Fsp3) is 0. The summed E-state index contributed by atoms with van der Waals surface area (Å²) < 4.78 is 0.613. The minimum Gasteiger partial charge on any atom is -0.266 e. The van der Waals surface area contributed by atoms with Crippen molar-refractivity contribution in [3.63, 3.8) is 0 Å². The highest BCUT2D eigenvalue weighted by molar-refractivity contribution is 9.18. The maximum atomic E-state index is 11.2. The van der Waals surface area contributed by atoms with Crippen molar-refractivity contribution in [1.29, 1.82) is 0 Å². The molecular formula is C5Br2N4O. The van der Waals surface area contributed by atoms with E-state index in [2.05, 4.69) is 52.1 Å². The molecule has 2 heterocycles. The molecule has 0 aromatic carbocycles. The van der Waals surface area contributed by atoms with Crippen LogP contribution in [0, 0.1) is 0 Å². The van der Waals surface area contributed by atoms with E-state index in [-0.39, 0.29) is 10.7 Å². The Balaban J connectivity index is 2.59. The van der Waals surface area contributed by atoms with Crippen LogP contribution in [-0.4, -0.2) is 16.5 Å². The van der Waals surface area contributed by atoms with Gasteiger partial charge in [0.1, 0.15) is 10.2 Å². The van der Waals surface area contributed by atoms with Crippen LogP contribution in [0.5, 0.6) is 0 Å². The molecule has 60 valence electrons. The zero-order valence-corrected chi connectivity index (χ0v) is 8.63. The lowest BCUT2D eigenvalue weighted by atomic mass is 10.2. The second kappa shape index (κ2) is 2.67. The molecule has 12 heavy (non-hydrogen) atoms. The molecule has 0 unspecified atom stereocenters. The van der Waals surface area contributed by atoms with E-state index in [0.29, 0.717) is 16.0 Å². The number of aliphatic imine (C=N–C) groups is 2. The summed E-state index contributed by atoms with van der Waals surface area (Å²) in [6, 6.07) is 0. The minimum atomic E-state index is -0.385. The molecule has 0 radical (unpaired) electrons. The van der Waals surface area contributed by atoms with Gasteiger partial charge < -0.3 is 0 Å². The summed E-state index contributed by atoms with van der Waals surface area (Å²) in [4.78, 5) is 18.6. The number of azo groups is 1. The number of halogens is 2. The molecule has 0 saturated carbocycles. The topological polar surface area (TPSA) is 66.5 Å². The molecule has 1 amide bonds. The van der Waals surface area contributed by atoms with Crippen molar-refractivity contribution >= 4 is 48.3 Å². The molecule has 0 saturated heterocycles. The number of nitrogens with zero attached hydrogens (tertiary/aromatic N) is 4. The summed E-state index contributed by atoms with van der Waals surface area (Å²) in [6.07, 6.45) is 0. The number of amides is 1. The molecule has 7 heteroatoms. The van der Waals surface area contributed by atoms with Crippen molar-refractivity contribution < 1.29 is 4.79 Å². The van der Waals surface area contributed by atoms with E-state index in [9.17, 15) is 4.79 Å². The van der Waals surface area contributed by atoms with Gasteiger partial charge in [-0.3, -0.25) is 4.79 Å². The Bertz CT molecular complexity index is 392. The van der Waals surface area contributed by atoms with Crippen LogP contribution in [0.2, 0.25) is 0 Å². The second-order valence-corrected chi connectivity index (χ2v) is 3.45. The van der Waals surface area contributed by atoms with Gasteiger partial charge in [0, 0.05) is 0 Å². The predicted octanol–water partition coefficient (Wildman–Crippen LogP) is 1.75. The lowest BCUT2D eigenvalue weighted by Crippen LogP contribution is -2.14. The van der Waals surface area contributed by atoms with Crippen molar-refractivity contribution in [2.75, 3.05) is 0 Å². The van der Waals surface area contributed by atoms with E-state index >= 15 is 0 Å². The molecule has 2 aliphatic heterocycles. The van der Waals surface area contributed by atoms with Crippen molar-refractivity contribution in [3.05, 3.63) is 10.2 Å². The number of fused-ring (bicyclic) bond motifs is 1. The van der Waals surface area contributed by atoms with E-state index in [1.807, 2.05) is 0 Å². The first-order chi connectivity index (χ1) is 5.68. The van der Waals surface area contributed by atoms with E-state index in [1.165, 1.54) is 0 Å². The van der Waals surface area contributed by atoms with Gasteiger partial charge in [0.15, 0.2) is 5.84 Å². The van der Waals surface area contributed by atoms with Gasteiger partial charge in [-0.25, -0.2) is 0 Å². The zero-order chi connectivity index (χ0) is 8.72. The number of carbonyl (C=O) groups excluding carboxylic acids is 1. The lowest BCUT2D eigenvalue weighted by Gasteiger charge is -2.01. The van der Waals surface area contributed by atoms with Gasteiger partial charge in [-0.05, 0) is 31.9 Å². The molecule has 0 bridgehead atoms. The van der Waals surface area contributed by atoms with Gasteiger partial charge in [0.25, 0.3) is 5.91 Å². The molecule has 0 aliphatic carbocycles. The summed E-state index contributed by atoms with van der Waals surface area (Å²) >= 11 is 6.06. The Kier molecular flexibility index (Phi) is 1.76. The summed E-state index contributed by atoms with van der Waals surface area (Å²) in [7, 11) is 0. The SMILES string of the molecule is O=C1N=C(Br)N=C2N=NC(Br)=C12. The summed E-state index contributed by atoms with van der Waals surface area (Å²) in [5, 5.41) is 7.30. The monoisotopic (exact) mass is 290 g/mol. The van der Waals surface area contributed by atoms with Crippen molar-refractivity contribution in [3.8, 4) is 0 Å². The minimum absolute atomic E-state index is 0.229. The molecule has 0 aromatic heterocycles. The van der Waals surface area contributed by atoms with Crippen LogP contribution >= 0.6 is 31.9 Å². The van der Waals surface area contributed by atoms with Gasteiger partial charge in [-0.1, -0.05) is 0 Å². The van der Waals surface area contributed by atoms with Crippen molar-refractivity contribution in [1.82, 2.24) is 0 Å².